The van der Waals surface area contributed by atoms with Crippen LogP contribution >= 0.6 is 0 Å². The van der Waals surface area contributed by atoms with Gasteiger partial charge in [-0.1, -0.05) is 183 Å². The predicted molar refractivity (Wildman–Crippen MR) is 349 cm³/mol. The maximum atomic E-state index is 14.5. The minimum absolute atomic E-state index is 0. The van der Waals surface area contributed by atoms with Crippen LogP contribution in [0.2, 0.25) is 0 Å². The molecule has 18 heteroatoms. The molecular formula is C72H92N8O10. The number of rotatable bonds is 19. The van der Waals surface area contributed by atoms with Gasteiger partial charge < -0.3 is 45.3 Å². The van der Waals surface area contributed by atoms with Crippen molar-refractivity contribution in [3.63, 3.8) is 0 Å². The number of amides is 5. The van der Waals surface area contributed by atoms with Crippen LogP contribution in [-0.4, -0.2) is 144 Å². The van der Waals surface area contributed by atoms with Crippen molar-refractivity contribution in [3.05, 3.63) is 220 Å². The number of hydrogen-bond acceptors (Lipinski definition) is 12. The first-order valence-electron chi connectivity index (χ1n) is 30.3. The molecule has 0 aliphatic carbocycles. The predicted octanol–water partition coefficient (Wildman–Crippen LogP) is 11.1. The molecule has 0 aromatic heterocycles. The van der Waals surface area contributed by atoms with Crippen LogP contribution < -0.4 is 11.1 Å². The van der Waals surface area contributed by atoms with E-state index in [9.17, 15) is 34.2 Å². The number of aliphatic hydroxyl groups is 2. The SMILES string of the molecule is C.CC(C)(C)OC(=O)NCc1cccc(C[C@H](N)[C@H](O)[C@H]2C(=O)N(Cc3ccccc3)CCN2C(=O)OC(C)(C)C)c1.[C-]#[N+]c1cccc(C[C@H]([C@H](O)[C@H]2C(=O)N(Cc3ccccc3)CCN2C(=O)OC(C)(C)C)N(Cc2ccccc2)Cc2ccccc2)c1. The average molecular weight is 1230 g/mol. The van der Waals surface area contributed by atoms with Crippen molar-refractivity contribution in [2.24, 2.45) is 5.73 Å². The molecule has 18 nitrogen and oxygen atoms in total. The summed E-state index contributed by atoms with van der Waals surface area (Å²) >= 11 is 0. The maximum absolute atomic E-state index is 14.5. The van der Waals surface area contributed by atoms with Crippen LogP contribution in [0.15, 0.2) is 170 Å². The van der Waals surface area contributed by atoms with Gasteiger partial charge in [0.05, 0.1) is 18.8 Å². The van der Waals surface area contributed by atoms with Gasteiger partial charge >= 0.3 is 18.3 Å². The fourth-order valence-corrected chi connectivity index (χ4v) is 10.8. The number of aliphatic hydroxyl groups excluding tert-OH is 2. The first kappa shape index (κ1) is 70.5. The van der Waals surface area contributed by atoms with E-state index in [-0.39, 0.29) is 45.3 Å². The van der Waals surface area contributed by atoms with Crippen molar-refractivity contribution in [2.75, 3.05) is 26.2 Å². The lowest BCUT2D eigenvalue weighted by Gasteiger charge is -2.46. The molecule has 480 valence electrons. The third kappa shape index (κ3) is 21.3. The number of piperazine rings is 2. The smallest absolute Gasteiger partial charge is 0.411 e. The molecule has 0 spiro atoms. The maximum Gasteiger partial charge on any atom is 0.411 e. The zero-order valence-corrected chi connectivity index (χ0v) is 52.8. The number of nitrogens with two attached hydrogens (primary N) is 1. The highest BCUT2D eigenvalue weighted by Gasteiger charge is 2.48. The summed E-state index contributed by atoms with van der Waals surface area (Å²) in [6, 6.07) is 50.2. The van der Waals surface area contributed by atoms with Gasteiger partial charge in [0.1, 0.15) is 28.9 Å². The molecular weight excluding hydrogens is 1140 g/mol. The Hall–Kier alpha value is -8.60. The van der Waals surface area contributed by atoms with E-state index in [0.717, 1.165) is 38.9 Å². The van der Waals surface area contributed by atoms with Gasteiger partial charge in [0.2, 0.25) is 11.8 Å². The Morgan fingerprint density at radius 3 is 1.37 bits per heavy atom. The van der Waals surface area contributed by atoms with Crippen LogP contribution in [0.4, 0.5) is 20.1 Å². The number of nitrogens with one attached hydrogen (secondary N) is 1. The molecule has 2 aliphatic heterocycles. The number of carbonyl (C=O) groups excluding carboxylic acids is 5. The molecule has 0 saturated carbocycles. The fraction of sp³-hybridized carbons (Fsp3) is 0.417. The molecule has 0 unspecified atom stereocenters. The van der Waals surface area contributed by atoms with E-state index in [2.05, 4.69) is 15.1 Å². The lowest BCUT2D eigenvalue weighted by atomic mass is 9.91. The van der Waals surface area contributed by atoms with Crippen LogP contribution in [0.1, 0.15) is 109 Å². The van der Waals surface area contributed by atoms with Crippen LogP contribution in [-0.2, 0) is 69.4 Å². The fourth-order valence-electron chi connectivity index (χ4n) is 10.8. The van der Waals surface area contributed by atoms with Crippen LogP contribution in [0.25, 0.3) is 4.85 Å². The molecule has 2 saturated heterocycles. The average Bonchev–Trinajstić information content (AvgIpc) is 0.857. The zero-order chi connectivity index (χ0) is 64.5. The van der Waals surface area contributed by atoms with Gasteiger partial charge in [-0.05, 0) is 109 Å². The Bertz CT molecular complexity index is 3270. The molecule has 2 fully saturated rings. The lowest BCUT2D eigenvalue weighted by molar-refractivity contribution is -0.150. The molecule has 2 heterocycles. The molecule has 5 N–H and O–H groups in total. The summed E-state index contributed by atoms with van der Waals surface area (Å²) in [6.45, 7) is 26.6. The minimum Gasteiger partial charge on any atom is -0.444 e. The van der Waals surface area contributed by atoms with Crippen molar-refractivity contribution in [1.82, 2.24) is 29.8 Å². The summed E-state index contributed by atoms with van der Waals surface area (Å²) in [7, 11) is 0. The molecule has 90 heavy (non-hydrogen) atoms. The standard InChI is InChI=1S/C40H44N4O4.C31H44N4O6.CH4/c1-40(2,3)48-39(47)44-24-23-42(27-30-15-8-5-9-16-30)38(46)36(44)37(45)35(26-33-21-14-22-34(25-33)41-4)43(28-31-17-10-6-11-18-31)29-32-19-12-7-13-20-32;1-30(2,3)40-28(38)33-19-23-14-10-13-22(17-23)18-24(32)26(36)25-27(37)34(20-21-11-8-7-9-12-21)15-16-35(25)29(39)41-31(4,5)6;/h5-22,25,35-37,45H,23-24,26-29H2,1-3H3;7-14,17,24-26,36H,15-16,18-20,32H2,1-6H3,(H,33,38);1H4/t35-,36+,37+;24-,25-,26-;/m10./s1. The third-order valence-electron chi connectivity index (χ3n) is 14.9. The van der Waals surface area contributed by atoms with Gasteiger partial charge in [-0.15, -0.1) is 0 Å². The Morgan fingerprint density at radius 1 is 0.544 bits per heavy atom. The quantitative estimate of drug-likeness (QED) is 0.0441. The largest absolute Gasteiger partial charge is 0.444 e. The summed E-state index contributed by atoms with van der Waals surface area (Å²) in [4.78, 5) is 79.0. The van der Waals surface area contributed by atoms with Gasteiger partial charge in [-0.3, -0.25) is 24.3 Å². The Balaban J connectivity index is 0.000000287. The van der Waals surface area contributed by atoms with Crippen LogP contribution in [0, 0.1) is 6.57 Å². The topological polar surface area (TPSA) is 212 Å². The summed E-state index contributed by atoms with van der Waals surface area (Å²) in [6.07, 6.45) is -3.89. The first-order chi connectivity index (χ1) is 42.2. The summed E-state index contributed by atoms with van der Waals surface area (Å²) < 4.78 is 16.7. The lowest BCUT2D eigenvalue weighted by Crippen LogP contribution is -2.66. The highest BCUT2D eigenvalue weighted by molar-refractivity contribution is 5.88. The minimum atomic E-state index is -1.35. The van der Waals surface area contributed by atoms with E-state index in [1.807, 2.05) is 164 Å². The highest BCUT2D eigenvalue weighted by atomic mass is 16.6. The molecule has 5 amide bonds. The van der Waals surface area contributed by atoms with Gasteiger partial charge in [0, 0.05) is 71.0 Å². The second-order valence-electron chi connectivity index (χ2n) is 25.7. The van der Waals surface area contributed by atoms with Gasteiger partial charge in [0.15, 0.2) is 5.69 Å². The van der Waals surface area contributed by atoms with Gasteiger partial charge in [-0.25, -0.2) is 19.2 Å². The summed E-state index contributed by atoms with van der Waals surface area (Å²) in [5.74, 6) is -0.716. The van der Waals surface area contributed by atoms with Crippen molar-refractivity contribution in [3.8, 4) is 0 Å². The number of carbonyl (C=O) groups is 5. The molecule has 0 bridgehead atoms. The number of nitrogens with zero attached hydrogens (tertiary/aromatic N) is 6. The van der Waals surface area contributed by atoms with Crippen molar-refractivity contribution in [1.29, 1.82) is 0 Å². The van der Waals surface area contributed by atoms with E-state index < -0.39 is 71.5 Å². The number of benzene rings is 6. The van der Waals surface area contributed by atoms with Crippen molar-refractivity contribution in [2.45, 2.75) is 168 Å². The Morgan fingerprint density at radius 2 is 0.933 bits per heavy atom. The number of hydrogen-bond donors (Lipinski definition) is 4. The highest BCUT2D eigenvalue weighted by Crippen LogP contribution is 2.30. The number of alkyl carbamates (subject to hydrolysis) is 1. The first-order valence-corrected chi connectivity index (χ1v) is 30.3. The van der Waals surface area contributed by atoms with E-state index >= 15 is 0 Å². The molecule has 2 aliphatic rings. The molecule has 6 aromatic rings. The van der Waals surface area contributed by atoms with E-state index in [1.165, 1.54) is 9.80 Å². The third-order valence-corrected chi connectivity index (χ3v) is 14.9. The Kier molecular flexibility index (Phi) is 25.2. The molecule has 6 atom stereocenters. The second-order valence-corrected chi connectivity index (χ2v) is 25.7. The van der Waals surface area contributed by atoms with Gasteiger partial charge in [0.25, 0.3) is 0 Å². The Labute approximate surface area is 532 Å². The van der Waals surface area contributed by atoms with E-state index in [1.54, 1.807) is 78.2 Å². The van der Waals surface area contributed by atoms with E-state index in [4.69, 9.17) is 26.5 Å². The van der Waals surface area contributed by atoms with Crippen LogP contribution in [0.5, 0.6) is 0 Å². The monoisotopic (exact) mass is 1230 g/mol. The summed E-state index contributed by atoms with van der Waals surface area (Å²) in [5, 5.41) is 26.8. The van der Waals surface area contributed by atoms with Crippen molar-refractivity contribution < 1.29 is 48.4 Å². The molecule has 6 aromatic carbocycles. The molecule has 0 radical (unpaired) electrons. The number of ether oxygens (including phenoxy) is 3. The normalized spacial score (nSPS) is 16.7. The van der Waals surface area contributed by atoms with Gasteiger partial charge in [-0.2, -0.15) is 0 Å². The van der Waals surface area contributed by atoms with E-state index in [0.29, 0.717) is 51.4 Å². The summed E-state index contributed by atoms with van der Waals surface area (Å²) in [5.41, 5.74) is 11.3. The zero-order valence-electron chi connectivity index (χ0n) is 52.8. The molecule has 8 rings (SSSR count). The van der Waals surface area contributed by atoms with Crippen molar-refractivity contribution >= 4 is 35.8 Å². The van der Waals surface area contributed by atoms with Crippen LogP contribution in [0.3, 0.4) is 0 Å². The second kappa shape index (κ2) is 32.2.